The summed E-state index contributed by atoms with van der Waals surface area (Å²) in [6.07, 6.45) is 0. The second-order valence-corrected chi connectivity index (χ2v) is 8.04. The first-order valence-electron chi connectivity index (χ1n) is 8.31. The van der Waals surface area contributed by atoms with Crippen molar-refractivity contribution in [2.45, 2.75) is 0 Å². The van der Waals surface area contributed by atoms with Gasteiger partial charge in [-0.05, 0) is 30.3 Å². The van der Waals surface area contributed by atoms with Crippen molar-refractivity contribution in [1.29, 1.82) is 0 Å². The number of halogens is 2. The van der Waals surface area contributed by atoms with Gasteiger partial charge >= 0.3 is 6.03 Å². The van der Waals surface area contributed by atoms with Gasteiger partial charge in [0, 0.05) is 24.2 Å². The van der Waals surface area contributed by atoms with Crippen LogP contribution in [0.2, 0.25) is 10.0 Å². The number of phenols is 1. The van der Waals surface area contributed by atoms with Gasteiger partial charge in [0.2, 0.25) is 5.91 Å². The molecule has 4 rings (SSSR count). The molecule has 1 aliphatic rings. The molecule has 0 atom stereocenters. The van der Waals surface area contributed by atoms with Gasteiger partial charge < -0.3 is 14.9 Å². The lowest BCUT2D eigenvalue weighted by atomic mass is 10.2. The Morgan fingerprint density at radius 1 is 1.18 bits per heavy atom. The third-order valence-electron chi connectivity index (χ3n) is 4.29. The summed E-state index contributed by atoms with van der Waals surface area (Å²) in [5.74, 6) is -0.127. The molecule has 0 saturated carbocycles. The van der Waals surface area contributed by atoms with Crippen molar-refractivity contribution in [1.82, 2.24) is 9.88 Å². The number of nitrogens with one attached hydrogen (secondary N) is 1. The van der Waals surface area contributed by atoms with E-state index in [-0.39, 0.29) is 18.2 Å². The first kappa shape index (κ1) is 18.8. The highest BCUT2D eigenvalue weighted by Gasteiger charge is 2.29. The number of nitrogens with zero attached hydrogens (tertiary/aromatic N) is 3. The molecular formula is C18H14Cl2N4O3S. The maximum Gasteiger partial charge on any atom is 0.324 e. The maximum absolute atomic E-state index is 12.5. The molecule has 28 heavy (non-hydrogen) atoms. The van der Waals surface area contributed by atoms with Gasteiger partial charge in [0.25, 0.3) is 0 Å². The summed E-state index contributed by atoms with van der Waals surface area (Å²) in [4.78, 5) is 32.3. The number of piperazine rings is 1. The number of fused-ring (bicyclic) bond motifs is 1. The van der Waals surface area contributed by atoms with Gasteiger partial charge in [-0.25, -0.2) is 9.78 Å². The number of anilines is 2. The summed E-state index contributed by atoms with van der Waals surface area (Å²) in [6.45, 7) is 0.597. The standard InChI is InChI=1S/C18H14Cl2N4O3S/c19-10-1-3-14(12(20)7-10)24-6-5-23(9-16(24)26)18(27)22-17-21-13-8-11(25)2-4-15(13)28-17/h1-4,7-8,25H,5-6,9H2,(H,21,22,27). The van der Waals surface area contributed by atoms with E-state index >= 15 is 0 Å². The average molecular weight is 437 g/mol. The third-order valence-corrected chi connectivity index (χ3v) is 5.78. The normalized spacial score (nSPS) is 14.6. The van der Waals surface area contributed by atoms with Gasteiger partial charge in [0.1, 0.15) is 12.3 Å². The molecule has 0 radical (unpaired) electrons. The Balaban J connectivity index is 1.44. The fourth-order valence-corrected chi connectivity index (χ4v) is 4.29. The van der Waals surface area contributed by atoms with Gasteiger partial charge in [-0.3, -0.25) is 10.1 Å². The zero-order chi connectivity index (χ0) is 19.8. The highest BCUT2D eigenvalue weighted by Crippen LogP contribution is 2.31. The number of aromatic nitrogens is 1. The number of carbonyl (C=O) groups is 2. The number of carbonyl (C=O) groups excluding carboxylic acids is 2. The Morgan fingerprint density at radius 2 is 2.00 bits per heavy atom. The zero-order valence-corrected chi connectivity index (χ0v) is 16.7. The molecule has 0 unspecified atom stereocenters. The van der Waals surface area contributed by atoms with E-state index in [0.29, 0.717) is 39.5 Å². The highest BCUT2D eigenvalue weighted by molar-refractivity contribution is 7.22. The van der Waals surface area contributed by atoms with Crippen LogP contribution in [0.25, 0.3) is 10.2 Å². The summed E-state index contributed by atoms with van der Waals surface area (Å²) in [5.41, 5.74) is 1.17. The van der Waals surface area contributed by atoms with Crippen LogP contribution in [0.3, 0.4) is 0 Å². The lowest BCUT2D eigenvalue weighted by Crippen LogP contribution is -2.53. The number of phenolic OH excluding ortho intramolecular Hbond substituents is 1. The van der Waals surface area contributed by atoms with Crippen molar-refractivity contribution in [2.24, 2.45) is 0 Å². The van der Waals surface area contributed by atoms with Crippen LogP contribution in [-0.2, 0) is 4.79 Å². The van der Waals surface area contributed by atoms with E-state index in [4.69, 9.17) is 23.2 Å². The molecule has 1 aromatic heterocycles. The van der Waals surface area contributed by atoms with Crippen molar-refractivity contribution in [3.05, 3.63) is 46.4 Å². The molecule has 2 heterocycles. The molecule has 1 saturated heterocycles. The van der Waals surface area contributed by atoms with E-state index in [1.54, 1.807) is 35.2 Å². The SMILES string of the molecule is O=C(Nc1nc2cc(O)ccc2s1)N1CCN(c2ccc(Cl)cc2Cl)C(=O)C1. The predicted molar refractivity (Wildman–Crippen MR) is 111 cm³/mol. The Bertz CT molecular complexity index is 1090. The van der Waals surface area contributed by atoms with E-state index < -0.39 is 6.03 Å². The number of hydrogen-bond acceptors (Lipinski definition) is 5. The number of aromatic hydroxyl groups is 1. The molecular weight excluding hydrogens is 423 g/mol. The van der Waals surface area contributed by atoms with Gasteiger partial charge in [0.05, 0.1) is 20.9 Å². The molecule has 0 spiro atoms. The topological polar surface area (TPSA) is 85.8 Å². The molecule has 2 N–H and O–H groups in total. The smallest absolute Gasteiger partial charge is 0.324 e. The van der Waals surface area contributed by atoms with Crippen LogP contribution in [0.1, 0.15) is 0 Å². The minimum absolute atomic E-state index is 0.0729. The van der Waals surface area contributed by atoms with Crippen molar-refractivity contribution in [2.75, 3.05) is 29.9 Å². The number of hydrogen-bond donors (Lipinski definition) is 2. The molecule has 144 valence electrons. The molecule has 0 aliphatic carbocycles. The average Bonchev–Trinajstić information content (AvgIpc) is 3.03. The second kappa shape index (κ2) is 7.46. The lowest BCUT2D eigenvalue weighted by Gasteiger charge is -2.34. The van der Waals surface area contributed by atoms with Crippen molar-refractivity contribution >= 4 is 67.5 Å². The molecule has 1 aliphatic heterocycles. The van der Waals surface area contributed by atoms with E-state index in [2.05, 4.69) is 10.3 Å². The summed E-state index contributed by atoms with van der Waals surface area (Å²) >= 11 is 13.4. The van der Waals surface area contributed by atoms with Crippen LogP contribution in [0.15, 0.2) is 36.4 Å². The molecule has 3 amide bonds. The van der Waals surface area contributed by atoms with Crippen molar-refractivity contribution < 1.29 is 14.7 Å². The van der Waals surface area contributed by atoms with Crippen molar-refractivity contribution in [3.63, 3.8) is 0 Å². The van der Waals surface area contributed by atoms with E-state index in [0.717, 1.165) is 4.70 Å². The third kappa shape index (κ3) is 3.71. The Morgan fingerprint density at radius 3 is 2.75 bits per heavy atom. The summed E-state index contributed by atoms with van der Waals surface area (Å²) in [5, 5.41) is 13.5. The number of amides is 3. The molecule has 1 fully saturated rings. The van der Waals surface area contributed by atoms with E-state index in [1.165, 1.54) is 22.3 Å². The monoisotopic (exact) mass is 436 g/mol. The minimum atomic E-state index is -0.404. The van der Waals surface area contributed by atoms with Crippen molar-refractivity contribution in [3.8, 4) is 5.75 Å². The lowest BCUT2D eigenvalue weighted by molar-refractivity contribution is -0.120. The quantitative estimate of drug-likeness (QED) is 0.630. The van der Waals surface area contributed by atoms with Gasteiger partial charge in [0.15, 0.2) is 5.13 Å². The predicted octanol–water partition coefficient (Wildman–Crippen LogP) is 4.19. The van der Waals surface area contributed by atoms with Crippen LogP contribution >= 0.6 is 34.5 Å². The van der Waals surface area contributed by atoms with Gasteiger partial charge in [-0.2, -0.15) is 0 Å². The van der Waals surface area contributed by atoms with Crippen LogP contribution in [0.4, 0.5) is 15.6 Å². The second-order valence-electron chi connectivity index (χ2n) is 6.16. The number of thiazole rings is 1. The summed E-state index contributed by atoms with van der Waals surface area (Å²) in [6, 6.07) is 9.35. The Kier molecular flexibility index (Phi) is 5.01. The first-order chi connectivity index (χ1) is 13.4. The number of benzene rings is 2. The highest BCUT2D eigenvalue weighted by atomic mass is 35.5. The molecule has 2 aromatic carbocycles. The number of rotatable bonds is 2. The van der Waals surface area contributed by atoms with Crippen LogP contribution in [-0.4, -0.2) is 46.6 Å². The van der Waals surface area contributed by atoms with Crippen LogP contribution in [0.5, 0.6) is 5.75 Å². The minimum Gasteiger partial charge on any atom is -0.508 e. The Hall–Kier alpha value is -2.55. The largest absolute Gasteiger partial charge is 0.508 e. The van der Waals surface area contributed by atoms with E-state index in [1.807, 2.05) is 0 Å². The van der Waals surface area contributed by atoms with Gasteiger partial charge in [-0.1, -0.05) is 34.5 Å². The zero-order valence-electron chi connectivity index (χ0n) is 14.4. The summed E-state index contributed by atoms with van der Waals surface area (Å²) < 4.78 is 0.839. The van der Waals surface area contributed by atoms with E-state index in [9.17, 15) is 14.7 Å². The first-order valence-corrected chi connectivity index (χ1v) is 9.89. The maximum atomic E-state index is 12.5. The fourth-order valence-electron chi connectivity index (χ4n) is 2.94. The molecule has 0 bridgehead atoms. The summed E-state index contributed by atoms with van der Waals surface area (Å²) in [7, 11) is 0. The van der Waals surface area contributed by atoms with Gasteiger partial charge in [-0.15, -0.1) is 0 Å². The van der Waals surface area contributed by atoms with Crippen LogP contribution in [0, 0.1) is 0 Å². The molecule has 7 nitrogen and oxygen atoms in total. The molecule has 3 aromatic rings. The fraction of sp³-hybridized carbons (Fsp3) is 0.167. The molecule has 10 heteroatoms. The van der Waals surface area contributed by atoms with Crippen LogP contribution < -0.4 is 10.2 Å². The number of urea groups is 1. The Labute approximate surface area is 174 Å².